The van der Waals surface area contributed by atoms with Crippen LogP contribution in [0.25, 0.3) is 0 Å². The van der Waals surface area contributed by atoms with Gasteiger partial charge in [0, 0.05) is 18.0 Å². The number of aryl methyl sites for hydroxylation is 1. The van der Waals surface area contributed by atoms with Gasteiger partial charge in [0.05, 0.1) is 5.69 Å². The Balaban J connectivity index is 2.20. The molecule has 0 saturated carbocycles. The highest BCUT2D eigenvalue weighted by Crippen LogP contribution is 2.38. The van der Waals surface area contributed by atoms with Crippen LogP contribution in [0.15, 0.2) is 0 Å². The third-order valence-electron chi connectivity index (χ3n) is 3.72. The third kappa shape index (κ3) is 3.56. The van der Waals surface area contributed by atoms with E-state index in [0.717, 1.165) is 39.0 Å². The molecule has 1 saturated heterocycles. The molecular weight excluding hydrogens is 256 g/mol. The van der Waals surface area contributed by atoms with E-state index in [4.69, 9.17) is 9.72 Å². The van der Waals surface area contributed by atoms with Crippen molar-refractivity contribution in [3.63, 3.8) is 0 Å². The van der Waals surface area contributed by atoms with Crippen molar-refractivity contribution < 1.29 is 4.74 Å². The smallest absolute Gasteiger partial charge is 0.125 e. The van der Waals surface area contributed by atoms with E-state index in [2.05, 4.69) is 26.1 Å². The van der Waals surface area contributed by atoms with Crippen molar-refractivity contribution in [2.75, 3.05) is 13.2 Å². The quantitative estimate of drug-likeness (QED) is 0.865. The standard InChI is InChI=1S/C15H26N2OS/c1-4-8-12-13(11-16-5-2)19-14(17-12)15(3)9-6-7-10-18-15/h16H,4-11H2,1-3H3. The third-order valence-corrected chi connectivity index (χ3v) is 5.06. The first kappa shape index (κ1) is 14.9. The maximum Gasteiger partial charge on any atom is 0.125 e. The normalized spacial score (nSPS) is 23.7. The van der Waals surface area contributed by atoms with Crippen molar-refractivity contribution in [3.05, 3.63) is 15.6 Å². The molecule has 3 nitrogen and oxygen atoms in total. The van der Waals surface area contributed by atoms with Crippen LogP contribution in [0.2, 0.25) is 0 Å². The monoisotopic (exact) mass is 282 g/mol. The lowest BCUT2D eigenvalue weighted by Gasteiger charge is -2.31. The molecule has 19 heavy (non-hydrogen) atoms. The summed E-state index contributed by atoms with van der Waals surface area (Å²) in [5.74, 6) is 0. The molecule has 108 valence electrons. The molecule has 0 spiro atoms. The van der Waals surface area contributed by atoms with E-state index < -0.39 is 0 Å². The highest BCUT2D eigenvalue weighted by Gasteiger charge is 2.33. The van der Waals surface area contributed by atoms with Crippen LogP contribution in [-0.2, 0) is 23.3 Å². The first-order valence-corrected chi connectivity index (χ1v) is 8.35. The van der Waals surface area contributed by atoms with Crippen LogP contribution < -0.4 is 5.32 Å². The number of aromatic nitrogens is 1. The molecule has 1 aromatic heterocycles. The van der Waals surface area contributed by atoms with Gasteiger partial charge < -0.3 is 10.1 Å². The maximum atomic E-state index is 6.03. The van der Waals surface area contributed by atoms with E-state index in [1.165, 1.54) is 28.4 Å². The molecule has 0 radical (unpaired) electrons. The van der Waals surface area contributed by atoms with Gasteiger partial charge in [0.25, 0.3) is 0 Å². The molecule has 1 N–H and O–H groups in total. The van der Waals surface area contributed by atoms with Crippen molar-refractivity contribution in [2.45, 2.75) is 65.0 Å². The summed E-state index contributed by atoms with van der Waals surface area (Å²) in [4.78, 5) is 6.30. The minimum absolute atomic E-state index is 0.143. The van der Waals surface area contributed by atoms with Crippen molar-refractivity contribution in [2.24, 2.45) is 0 Å². The summed E-state index contributed by atoms with van der Waals surface area (Å²) >= 11 is 1.85. The number of nitrogens with zero attached hydrogens (tertiary/aromatic N) is 1. The SMILES string of the molecule is CCCc1nc(C2(C)CCCCO2)sc1CNCC. The Bertz CT molecular complexity index is 397. The van der Waals surface area contributed by atoms with Crippen LogP contribution >= 0.6 is 11.3 Å². The fourth-order valence-corrected chi connectivity index (χ4v) is 3.73. The highest BCUT2D eigenvalue weighted by molar-refractivity contribution is 7.11. The molecule has 0 amide bonds. The Morgan fingerprint density at radius 3 is 2.84 bits per heavy atom. The molecule has 2 rings (SSSR count). The molecule has 1 aliphatic rings. The molecule has 1 fully saturated rings. The van der Waals surface area contributed by atoms with Gasteiger partial charge in [-0.05, 0) is 39.2 Å². The average Bonchev–Trinajstić information content (AvgIpc) is 2.82. The lowest BCUT2D eigenvalue weighted by atomic mass is 9.97. The number of ether oxygens (including phenoxy) is 1. The largest absolute Gasteiger partial charge is 0.368 e. The van der Waals surface area contributed by atoms with Gasteiger partial charge >= 0.3 is 0 Å². The summed E-state index contributed by atoms with van der Waals surface area (Å²) in [5, 5.41) is 4.61. The topological polar surface area (TPSA) is 34.1 Å². The number of thiazole rings is 1. The van der Waals surface area contributed by atoms with E-state index in [-0.39, 0.29) is 5.60 Å². The molecule has 1 aliphatic heterocycles. The van der Waals surface area contributed by atoms with Crippen LogP contribution in [0.1, 0.15) is 62.0 Å². The zero-order valence-corrected chi connectivity index (χ0v) is 13.2. The number of nitrogens with one attached hydrogen (secondary N) is 1. The lowest BCUT2D eigenvalue weighted by Crippen LogP contribution is -2.30. The number of hydrogen-bond acceptors (Lipinski definition) is 4. The summed E-state index contributed by atoms with van der Waals surface area (Å²) in [7, 11) is 0. The van der Waals surface area contributed by atoms with Gasteiger partial charge in [-0.2, -0.15) is 0 Å². The maximum absolute atomic E-state index is 6.03. The molecule has 1 unspecified atom stereocenters. The Morgan fingerprint density at radius 2 is 2.21 bits per heavy atom. The van der Waals surface area contributed by atoms with E-state index in [1.807, 2.05) is 11.3 Å². The minimum Gasteiger partial charge on any atom is -0.368 e. The van der Waals surface area contributed by atoms with Gasteiger partial charge in [-0.1, -0.05) is 20.3 Å². The Morgan fingerprint density at radius 1 is 1.37 bits per heavy atom. The number of rotatable bonds is 6. The van der Waals surface area contributed by atoms with Crippen molar-refractivity contribution in [1.82, 2.24) is 10.3 Å². The lowest BCUT2D eigenvalue weighted by molar-refractivity contribution is -0.0702. The fourth-order valence-electron chi connectivity index (χ4n) is 2.52. The molecular formula is C15H26N2OS. The summed E-state index contributed by atoms with van der Waals surface area (Å²) in [6.45, 7) is 9.40. The van der Waals surface area contributed by atoms with E-state index >= 15 is 0 Å². The molecule has 1 atom stereocenters. The summed E-state index contributed by atoms with van der Waals surface area (Å²) < 4.78 is 6.03. The Kier molecular flexibility index (Phi) is 5.37. The van der Waals surface area contributed by atoms with Gasteiger partial charge in [0.1, 0.15) is 10.6 Å². The minimum atomic E-state index is -0.143. The zero-order valence-electron chi connectivity index (χ0n) is 12.4. The van der Waals surface area contributed by atoms with Crippen LogP contribution in [0.3, 0.4) is 0 Å². The second kappa shape index (κ2) is 6.82. The van der Waals surface area contributed by atoms with Gasteiger partial charge in [-0.25, -0.2) is 4.98 Å². The highest BCUT2D eigenvalue weighted by atomic mass is 32.1. The summed E-state index contributed by atoms with van der Waals surface area (Å²) in [6, 6.07) is 0. The zero-order chi connectivity index (χ0) is 13.7. The van der Waals surface area contributed by atoms with Crippen LogP contribution in [0, 0.1) is 0 Å². The van der Waals surface area contributed by atoms with Crippen LogP contribution in [0.4, 0.5) is 0 Å². The molecule has 4 heteroatoms. The van der Waals surface area contributed by atoms with Gasteiger partial charge in [-0.15, -0.1) is 11.3 Å². The second-order valence-corrected chi connectivity index (χ2v) is 6.54. The van der Waals surface area contributed by atoms with E-state index in [1.54, 1.807) is 0 Å². The molecule has 2 heterocycles. The average molecular weight is 282 g/mol. The van der Waals surface area contributed by atoms with Crippen molar-refractivity contribution in [3.8, 4) is 0 Å². The van der Waals surface area contributed by atoms with Gasteiger partial charge in [0.2, 0.25) is 0 Å². The van der Waals surface area contributed by atoms with Gasteiger partial charge in [-0.3, -0.25) is 0 Å². The number of hydrogen-bond donors (Lipinski definition) is 1. The molecule has 1 aromatic rings. The van der Waals surface area contributed by atoms with Crippen LogP contribution in [0.5, 0.6) is 0 Å². The van der Waals surface area contributed by atoms with E-state index in [0.29, 0.717) is 0 Å². The predicted octanol–water partition coefficient (Wildman–Crippen LogP) is 3.62. The molecule has 0 bridgehead atoms. The van der Waals surface area contributed by atoms with Gasteiger partial charge in [0.15, 0.2) is 0 Å². The Labute approximate surface area is 120 Å². The van der Waals surface area contributed by atoms with Crippen LogP contribution in [-0.4, -0.2) is 18.1 Å². The summed E-state index contributed by atoms with van der Waals surface area (Å²) in [6.07, 6.45) is 5.77. The first-order valence-electron chi connectivity index (χ1n) is 7.53. The summed E-state index contributed by atoms with van der Waals surface area (Å²) in [5.41, 5.74) is 1.13. The van der Waals surface area contributed by atoms with Crippen molar-refractivity contribution >= 4 is 11.3 Å². The Hall–Kier alpha value is -0.450. The molecule has 0 aliphatic carbocycles. The predicted molar refractivity (Wildman–Crippen MR) is 80.6 cm³/mol. The van der Waals surface area contributed by atoms with E-state index in [9.17, 15) is 0 Å². The van der Waals surface area contributed by atoms with Crippen molar-refractivity contribution in [1.29, 1.82) is 0 Å². The fraction of sp³-hybridized carbons (Fsp3) is 0.800. The first-order chi connectivity index (χ1) is 9.19. The second-order valence-electron chi connectivity index (χ2n) is 5.46. The molecule has 0 aromatic carbocycles.